The second kappa shape index (κ2) is 4.82. The van der Waals surface area contributed by atoms with Crippen LogP contribution >= 0.6 is 0 Å². The quantitative estimate of drug-likeness (QED) is 0.898. The van der Waals surface area contributed by atoms with Gasteiger partial charge in [-0.3, -0.25) is 0 Å². The molecule has 0 unspecified atom stereocenters. The van der Waals surface area contributed by atoms with Crippen molar-refractivity contribution in [2.75, 3.05) is 0 Å². The van der Waals surface area contributed by atoms with E-state index in [0.717, 1.165) is 11.5 Å². The first-order valence-corrected chi connectivity index (χ1v) is 6.68. The van der Waals surface area contributed by atoms with Crippen LogP contribution in [0.25, 0.3) is 11.3 Å². The number of rotatable bonds is 2. The highest BCUT2D eigenvalue weighted by atomic mass is 15.1. The molecule has 0 aliphatic rings. The van der Waals surface area contributed by atoms with Gasteiger partial charge in [0.2, 0.25) is 0 Å². The third-order valence-electron chi connectivity index (χ3n) is 4.19. The molecule has 0 saturated heterocycles. The summed E-state index contributed by atoms with van der Waals surface area (Å²) < 4.78 is 2.15. The summed E-state index contributed by atoms with van der Waals surface area (Å²) >= 11 is 0. The molecule has 0 aliphatic carbocycles. The lowest BCUT2D eigenvalue weighted by Gasteiger charge is -2.17. The van der Waals surface area contributed by atoms with Gasteiger partial charge >= 0.3 is 0 Å². The first kappa shape index (κ1) is 13.8. The van der Waals surface area contributed by atoms with Gasteiger partial charge in [0.25, 0.3) is 0 Å². The highest BCUT2D eigenvalue weighted by molar-refractivity contribution is 5.73. The van der Waals surface area contributed by atoms with Crippen LogP contribution in [0, 0.1) is 34.6 Å². The first-order chi connectivity index (χ1) is 8.88. The van der Waals surface area contributed by atoms with Crippen molar-refractivity contribution in [2.24, 2.45) is 12.8 Å². The lowest BCUT2D eigenvalue weighted by atomic mass is 9.91. The van der Waals surface area contributed by atoms with Gasteiger partial charge in [-0.15, -0.1) is 0 Å². The van der Waals surface area contributed by atoms with E-state index in [1.807, 2.05) is 6.92 Å². The smallest absolute Gasteiger partial charge is 0.106 e. The molecule has 0 bridgehead atoms. The summed E-state index contributed by atoms with van der Waals surface area (Å²) in [7, 11) is 2.06. The molecule has 3 nitrogen and oxygen atoms in total. The SMILES string of the molecule is Cc1cc(C)c(C)c(-c2c(CN)nc(C)n2C)c1C. The Morgan fingerprint density at radius 2 is 1.58 bits per heavy atom. The molecular weight excluding hydrogens is 234 g/mol. The van der Waals surface area contributed by atoms with Crippen LogP contribution in [-0.2, 0) is 13.6 Å². The molecule has 0 aliphatic heterocycles. The van der Waals surface area contributed by atoms with E-state index in [1.54, 1.807) is 0 Å². The second-order valence-corrected chi connectivity index (χ2v) is 5.35. The Morgan fingerprint density at radius 1 is 1.05 bits per heavy atom. The van der Waals surface area contributed by atoms with Crippen molar-refractivity contribution in [1.82, 2.24) is 9.55 Å². The number of nitrogens with two attached hydrogens (primary N) is 1. The molecule has 2 rings (SSSR count). The number of nitrogens with zero attached hydrogens (tertiary/aromatic N) is 2. The molecule has 2 aromatic rings. The maximum atomic E-state index is 5.87. The molecular formula is C16H23N3. The summed E-state index contributed by atoms with van der Waals surface area (Å²) in [5.74, 6) is 1.01. The fourth-order valence-electron chi connectivity index (χ4n) is 2.71. The highest BCUT2D eigenvalue weighted by Crippen LogP contribution is 2.33. The van der Waals surface area contributed by atoms with E-state index in [9.17, 15) is 0 Å². The molecule has 0 spiro atoms. The molecule has 0 amide bonds. The Morgan fingerprint density at radius 3 is 2.05 bits per heavy atom. The third kappa shape index (κ3) is 2.08. The van der Waals surface area contributed by atoms with Crippen LogP contribution < -0.4 is 5.73 Å². The molecule has 102 valence electrons. The number of hydrogen-bond donors (Lipinski definition) is 1. The lowest BCUT2D eigenvalue weighted by molar-refractivity contribution is 0.863. The monoisotopic (exact) mass is 257 g/mol. The summed E-state index contributed by atoms with van der Waals surface area (Å²) in [4.78, 5) is 4.58. The number of benzene rings is 1. The maximum absolute atomic E-state index is 5.87. The Balaban J connectivity index is 2.86. The predicted molar refractivity (Wildman–Crippen MR) is 80.2 cm³/mol. The van der Waals surface area contributed by atoms with Crippen LogP contribution in [-0.4, -0.2) is 9.55 Å². The second-order valence-electron chi connectivity index (χ2n) is 5.35. The minimum atomic E-state index is 0.475. The summed E-state index contributed by atoms with van der Waals surface area (Å²) in [6, 6.07) is 2.25. The topological polar surface area (TPSA) is 43.8 Å². The van der Waals surface area contributed by atoms with Crippen LogP contribution in [0.5, 0.6) is 0 Å². The fourth-order valence-corrected chi connectivity index (χ4v) is 2.71. The molecule has 0 atom stereocenters. The Hall–Kier alpha value is -1.61. The van der Waals surface area contributed by atoms with Crippen LogP contribution in [0.1, 0.15) is 33.8 Å². The number of aromatic nitrogens is 2. The summed E-state index contributed by atoms with van der Waals surface area (Å²) in [6.45, 7) is 11.2. The fraction of sp³-hybridized carbons (Fsp3) is 0.438. The van der Waals surface area contributed by atoms with Crippen molar-refractivity contribution < 1.29 is 0 Å². The minimum absolute atomic E-state index is 0.475. The van der Waals surface area contributed by atoms with Crippen molar-refractivity contribution in [3.63, 3.8) is 0 Å². The van der Waals surface area contributed by atoms with Gasteiger partial charge in [-0.05, 0) is 56.9 Å². The molecule has 0 radical (unpaired) electrons. The zero-order valence-electron chi connectivity index (χ0n) is 12.8. The van der Waals surface area contributed by atoms with E-state index < -0.39 is 0 Å². The standard InChI is InChI=1S/C16H23N3/c1-9-7-10(2)12(4)15(11(9)3)16-14(8-17)18-13(5)19(16)6/h7H,8,17H2,1-6H3. The average Bonchev–Trinajstić information content (AvgIpc) is 2.64. The van der Waals surface area contributed by atoms with Crippen molar-refractivity contribution in [3.05, 3.63) is 39.8 Å². The normalized spacial score (nSPS) is 11.1. The Kier molecular flexibility index (Phi) is 3.50. The van der Waals surface area contributed by atoms with Crippen molar-refractivity contribution in [1.29, 1.82) is 0 Å². The van der Waals surface area contributed by atoms with E-state index in [0.29, 0.717) is 6.54 Å². The largest absolute Gasteiger partial charge is 0.331 e. The van der Waals surface area contributed by atoms with E-state index in [2.05, 4.69) is 50.4 Å². The number of imidazole rings is 1. The molecule has 19 heavy (non-hydrogen) atoms. The molecule has 0 fully saturated rings. The Labute approximate surface area is 115 Å². The lowest BCUT2D eigenvalue weighted by Crippen LogP contribution is -2.05. The highest BCUT2D eigenvalue weighted by Gasteiger charge is 2.18. The van der Waals surface area contributed by atoms with Crippen LogP contribution in [0.15, 0.2) is 6.07 Å². The van der Waals surface area contributed by atoms with Gasteiger partial charge in [0.1, 0.15) is 5.82 Å². The van der Waals surface area contributed by atoms with Gasteiger partial charge in [0.05, 0.1) is 11.4 Å². The van der Waals surface area contributed by atoms with Gasteiger partial charge in [0.15, 0.2) is 0 Å². The van der Waals surface area contributed by atoms with E-state index in [4.69, 9.17) is 5.73 Å². The van der Waals surface area contributed by atoms with Crippen LogP contribution in [0.3, 0.4) is 0 Å². The predicted octanol–water partition coefficient (Wildman–Crippen LogP) is 3.09. The summed E-state index contributed by atoms with van der Waals surface area (Å²) in [6.07, 6.45) is 0. The first-order valence-electron chi connectivity index (χ1n) is 6.68. The van der Waals surface area contributed by atoms with Crippen LogP contribution in [0.4, 0.5) is 0 Å². The van der Waals surface area contributed by atoms with Gasteiger partial charge in [-0.1, -0.05) is 6.07 Å². The van der Waals surface area contributed by atoms with Gasteiger partial charge in [-0.25, -0.2) is 4.98 Å². The van der Waals surface area contributed by atoms with Crippen molar-refractivity contribution >= 4 is 0 Å². The van der Waals surface area contributed by atoms with Gasteiger partial charge in [-0.2, -0.15) is 0 Å². The summed E-state index contributed by atoms with van der Waals surface area (Å²) in [5, 5.41) is 0. The third-order valence-corrected chi connectivity index (χ3v) is 4.19. The van der Waals surface area contributed by atoms with E-state index >= 15 is 0 Å². The molecule has 1 aromatic carbocycles. The molecule has 2 N–H and O–H groups in total. The zero-order chi connectivity index (χ0) is 14.3. The average molecular weight is 257 g/mol. The molecule has 0 saturated carbocycles. The van der Waals surface area contributed by atoms with E-state index in [-0.39, 0.29) is 0 Å². The zero-order valence-corrected chi connectivity index (χ0v) is 12.8. The molecule has 1 heterocycles. The Bertz CT molecular complexity index is 610. The van der Waals surface area contributed by atoms with Crippen molar-refractivity contribution in [3.8, 4) is 11.3 Å². The molecule has 3 heteroatoms. The maximum Gasteiger partial charge on any atom is 0.106 e. The van der Waals surface area contributed by atoms with Gasteiger partial charge in [0, 0.05) is 19.2 Å². The molecule has 1 aromatic heterocycles. The van der Waals surface area contributed by atoms with Crippen molar-refractivity contribution in [2.45, 2.75) is 41.2 Å². The van der Waals surface area contributed by atoms with E-state index in [1.165, 1.54) is 33.5 Å². The number of aryl methyl sites for hydroxylation is 3. The van der Waals surface area contributed by atoms with Gasteiger partial charge < -0.3 is 10.3 Å². The minimum Gasteiger partial charge on any atom is -0.331 e. The van der Waals surface area contributed by atoms with Crippen LogP contribution in [0.2, 0.25) is 0 Å². The summed E-state index contributed by atoms with van der Waals surface area (Å²) in [5.41, 5.74) is 14.6. The number of hydrogen-bond acceptors (Lipinski definition) is 2.